The largest absolute Gasteiger partial charge is 0.366 e. The lowest BCUT2D eigenvalue weighted by molar-refractivity contribution is 0.100. The van der Waals surface area contributed by atoms with Gasteiger partial charge in [-0.2, -0.15) is 0 Å². The first-order valence-electron chi connectivity index (χ1n) is 7.91. The minimum Gasteiger partial charge on any atom is -0.366 e. The average Bonchev–Trinajstić information content (AvgIpc) is 2.94. The van der Waals surface area contributed by atoms with E-state index in [-0.39, 0.29) is 11.0 Å². The molecule has 0 saturated carbocycles. The Bertz CT molecular complexity index is 1200. The normalized spacial score (nSPS) is 11.4. The van der Waals surface area contributed by atoms with Crippen LogP contribution in [0.25, 0.3) is 27.9 Å². The summed E-state index contributed by atoms with van der Waals surface area (Å²) in [5.74, 6) is -1.45. The Morgan fingerprint density at radius 3 is 2.35 bits per heavy atom. The van der Waals surface area contributed by atoms with Gasteiger partial charge in [-0.3, -0.25) is 9.20 Å². The molecular formula is C19H14F2N4O. The van der Waals surface area contributed by atoms with Gasteiger partial charge in [-0.15, -0.1) is 0 Å². The van der Waals surface area contributed by atoms with E-state index in [1.54, 1.807) is 35.6 Å². The van der Waals surface area contributed by atoms with Gasteiger partial charge >= 0.3 is 0 Å². The van der Waals surface area contributed by atoms with E-state index in [0.717, 1.165) is 6.07 Å². The van der Waals surface area contributed by atoms with Crippen molar-refractivity contribution in [2.45, 2.75) is 13.8 Å². The molecule has 4 rings (SSSR count). The minimum atomic E-state index is -0.730. The Kier molecular flexibility index (Phi) is 3.47. The first-order valence-corrected chi connectivity index (χ1v) is 7.91. The lowest BCUT2D eigenvalue weighted by atomic mass is 10.1. The van der Waals surface area contributed by atoms with E-state index in [9.17, 15) is 13.6 Å². The number of hydrogen-bond donors (Lipinski definition) is 1. The molecule has 2 N–H and O–H groups in total. The molecule has 4 aromatic rings. The second-order valence-electron chi connectivity index (χ2n) is 6.10. The first kappa shape index (κ1) is 16.1. The van der Waals surface area contributed by atoms with E-state index in [1.165, 1.54) is 6.07 Å². The fourth-order valence-corrected chi connectivity index (χ4v) is 3.22. The number of benzene rings is 2. The van der Waals surface area contributed by atoms with Crippen molar-refractivity contribution in [3.8, 4) is 11.4 Å². The molecule has 1 amide bonds. The summed E-state index contributed by atoms with van der Waals surface area (Å²) in [6, 6.07) is 8.63. The number of carbonyl (C=O) groups excluding carboxylic acids is 1. The van der Waals surface area contributed by atoms with Crippen molar-refractivity contribution in [3.63, 3.8) is 0 Å². The summed E-state index contributed by atoms with van der Waals surface area (Å²) in [6.45, 7) is 3.57. The van der Waals surface area contributed by atoms with E-state index < -0.39 is 17.5 Å². The molecule has 5 nitrogen and oxygen atoms in total. The van der Waals surface area contributed by atoms with Gasteiger partial charge < -0.3 is 5.73 Å². The van der Waals surface area contributed by atoms with E-state index in [2.05, 4.69) is 9.97 Å². The van der Waals surface area contributed by atoms with Gasteiger partial charge in [-0.25, -0.2) is 18.7 Å². The molecule has 2 aromatic carbocycles. The molecule has 0 unspecified atom stereocenters. The number of halogens is 2. The molecule has 7 heteroatoms. The summed E-state index contributed by atoms with van der Waals surface area (Å²) in [4.78, 5) is 20.1. The van der Waals surface area contributed by atoms with Crippen LogP contribution >= 0.6 is 0 Å². The third-order valence-electron chi connectivity index (χ3n) is 4.35. The molecule has 0 bridgehead atoms. The Morgan fingerprint density at radius 1 is 1.04 bits per heavy atom. The number of aromatic nitrogens is 3. The van der Waals surface area contributed by atoms with Gasteiger partial charge in [-0.05, 0) is 26.0 Å². The number of fused-ring (bicyclic) bond motifs is 3. The fraction of sp³-hybridized carbons (Fsp3) is 0.105. The van der Waals surface area contributed by atoms with Crippen LogP contribution in [0.5, 0.6) is 0 Å². The van der Waals surface area contributed by atoms with Gasteiger partial charge in [0.1, 0.15) is 17.2 Å². The number of primary amides is 1. The maximum Gasteiger partial charge on any atom is 0.248 e. The van der Waals surface area contributed by atoms with Gasteiger partial charge in [0.05, 0.1) is 22.4 Å². The molecule has 0 atom stereocenters. The number of carbonyl (C=O) groups is 1. The summed E-state index contributed by atoms with van der Waals surface area (Å²) in [7, 11) is 0. The summed E-state index contributed by atoms with van der Waals surface area (Å²) >= 11 is 0. The number of nitrogens with zero attached hydrogens (tertiary/aromatic N) is 3. The molecule has 130 valence electrons. The number of imidazole rings is 1. The molecule has 0 aliphatic rings. The van der Waals surface area contributed by atoms with Crippen molar-refractivity contribution in [2.75, 3.05) is 0 Å². The number of rotatable bonds is 2. The monoisotopic (exact) mass is 352 g/mol. The highest BCUT2D eigenvalue weighted by Crippen LogP contribution is 2.29. The third-order valence-corrected chi connectivity index (χ3v) is 4.35. The zero-order valence-electron chi connectivity index (χ0n) is 14.0. The van der Waals surface area contributed by atoms with Crippen molar-refractivity contribution in [1.29, 1.82) is 0 Å². The van der Waals surface area contributed by atoms with Crippen molar-refractivity contribution < 1.29 is 13.6 Å². The topological polar surface area (TPSA) is 73.3 Å². The molecule has 0 aliphatic heterocycles. The summed E-state index contributed by atoms with van der Waals surface area (Å²) in [5.41, 5.74) is 8.66. The maximum atomic E-state index is 14.3. The van der Waals surface area contributed by atoms with Crippen LogP contribution < -0.4 is 5.73 Å². The lowest BCUT2D eigenvalue weighted by Crippen LogP contribution is -2.10. The predicted molar refractivity (Wildman–Crippen MR) is 93.8 cm³/mol. The van der Waals surface area contributed by atoms with Gasteiger partial charge in [-0.1, -0.05) is 12.1 Å². The van der Waals surface area contributed by atoms with Crippen LogP contribution in [0.15, 0.2) is 36.4 Å². The smallest absolute Gasteiger partial charge is 0.248 e. The molecule has 0 spiro atoms. The third kappa shape index (κ3) is 2.32. The Morgan fingerprint density at radius 2 is 1.69 bits per heavy atom. The summed E-state index contributed by atoms with van der Waals surface area (Å²) in [6.07, 6.45) is 0. The Labute approximate surface area is 147 Å². The molecule has 0 saturated heterocycles. The summed E-state index contributed by atoms with van der Waals surface area (Å²) < 4.78 is 29.8. The van der Waals surface area contributed by atoms with Crippen LogP contribution in [-0.2, 0) is 0 Å². The SMILES string of the molecule is Cc1nc(-c2ccc(C(N)=O)cc2)n2c1c(C)nc1c(F)cc(F)cc12. The molecule has 2 aromatic heterocycles. The van der Waals surface area contributed by atoms with Crippen LogP contribution in [0.3, 0.4) is 0 Å². The van der Waals surface area contributed by atoms with Crippen molar-refractivity contribution in [1.82, 2.24) is 14.4 Å². The molecule has 0 radical (unpaired) electrons. The van der Waals surface area contributed by atoms with Gasteiger partial charge in [0.25, 0.3) is 0 Å². The molecule has 0 fully saturated rings. The number of nitrogens with two attached hydrogens (primary N) is 1. The Balaban J connectivity index is 2.11. The van der Waals surface area contributed by atoms with E-state index in [0.29, 0.717) is 33.9 Å². The van der Waals surface area contributed by atoms with Gasteiger partial charge in [0, 0.05) is 23.3 Å². The summed E-state index contributed by atoms with van der Waals surface area (Å²) in [5, 5.41) is 0. The lowest BCUT2D eigenvalue weighted by Gasteiger charge is -2.09. The Hall–Kier alpha value is -3.35. The minimum absolute atomic E-state index is 0.0730. The van der Waals surface area contributed by atoms with Gasteiger partial charge in [0.2, 0.25) is 5.91 Å². The van der Waals surface area contributed by atoms with Crippen LogP contribution in [0, 0.1) is 25.5 Å². The van der Waals surface area contributed by atoms with Crippen molar-refractivity contribution in [2.24, 2.45) is 5.73 Å². The standard InChI is InChI=1S/C19H14F2N4O/c1-9-17-10(2)24-19(12-5-3-11(4-6-12)18(22)26)25(17)15-8-13(20)7-14(21)16(15)23-9/h3-8H,1-2H3,(H2,22,26). The molecule has 0 aliphatic carbocycles. The van der Waals surface area contributed by atoms with Crippen molar-refractivity contribution in [3.05, 3.63) is 65.0 Å². The highest BCUT2D eigenvalue weighted by atomic mass is 19.1. The highest BCUT2D eigenvalue weighted by Gasteiger charge is 2.18. The van der Waals surface area contributed by atoms with Crippen molar-refractivity contribution >= 4 is 22.5 Å². The van der Waals surface area contributed by atoms with Crippen LogP contribution in [0.2, 0.25) is 0 Å². The molecule has 26 heavy (non-hydrogen) atoms. The zero-order chi connectivity index (χ0) is 18.6. The number of amides is 1. The zero-order valence-corrected chi connectivity index (χ0v) is 14.0. The van der Waals surface area contributed by atoms with Gasteiger partial charge in [0.15, 0.2) is 5.82 Å². The van der Waals surface area contributed by atoms with E-state index in [1.807, 2.05) is 6.92 Å². The van der Waals surface area contributed by atoms with Crippen LogP contribution in [-0.4, -0.2) is 20.3 Å². The second kappa shape index (κ2) is 5.59. The number of hydrogen-bond acceptors (Lipinski definition) is 3. The highest BCUT2D eigenvalue weighted by molar-refractivity contribution is 5.93. The van der Waals surface area contributed by atoms with E-state index in [4.69, 9.17) is 5.73 Å². The second-order valence-corrected chi connectivity index (χ2v) is 6.10. The predicted octanol–water partition coefficient (Wildman–Crippen LogP) is 3.54. The van der Waals surface area contributed by atoms with Crippen LogP contribution in [0.1, 0.15) is 21.7 Å². The fourth-order valence-electron chi connectivity index (χ4n) is 3.22. The molecular weight excluding hydrogens is 338 g/mol. The van der Waals surface area contributed by atoms with Crippen LogP contribution in [0.4, 0.5) is 8.78 Å². The number of aryl methyl sites for hydroxylation is 2. The first-order chi connectivity index (χ1) is 12.4. The van der Waals surface area contributed by atoms with E-state index >= 15 is 0 Å². The molecule has 2 heterocycles. The quantitative estimate of drug-likeness (QED) is 0.600. The average molecular weight is 352 g/mol. The maximum absolute atomic E-state index is 14.3.